The second-order valence-electron chi connectivity index (χ2n) is 9.46. The molecule has 0 spiro atoms. The third kappa shape index (κ3) is 4.20. The highest BCUT2D eigenvalue weighted by Gasteiger charge is 2.59. The van der Waals surface area contributed by atoms with E-state index in [1.54, 1.807) is 7.11 Å². The van der Waals surface area contributed by atoms with E-state index in [2.05, 4.69) is 29.7 Å². The van der Waals surface area contributed by atoms with Gasteiger partial charge in [-0.1, -0.05) is 36.4 Å². The largest absolute Gasteiger partial charge is 0.497 e. The van der Waals surface area contributed by atoms with Crippen LogP contribution in [0.25, 0.3) is 0 Å². The summed E-state index contributed by atoms with van der Waals surface area (Å²) in [7, 11) is 5.51. The first-order valence-corrected chi connectivity index (χ1v) is 11.8. The molecule has 5 heteroatoms. The molecule has 2 aliphatic rings. The van der Waals surface area contributed by atoms with Crippen LogP contribution in [0.2, 0.25) is 0 Å². The zero-order chi connectivity index (χ0) is 23.5. The van der Waals surface area contributed by atoms with E-state index < -0.39 is 0 Å². The number of likely N-dealkylation sites (tertiary alicyclic amines) is 1. The highest BCUT2D eigenvalue weighted by atomic mass is 16.5. The molecule has 1 amide bonds. The number of benzene rings is 2. The summed E-state index contributed by atoms with van der Waals surface area (Å²) in [6.07, 6.45) is 5.61. The van der Waals surface area contributed by atoms with Gasteiger partial charge in [-0.05, 0) is 62.1 Å². The lowest BCUT2D eigenvalue weighted by Crippen LogP contribution is -2.68. The Labute approximate surface area is 198 Å². The van der Waals surface area contributed by atoms with Crippen molar-refractivity contribution in [2.24, 2.45) is 0 Å². The van der Waals surface area contributed by atoms with Crippen molar-refractivity contribution < 1.29 is 14.3 Å². The minimum absolute atomic E-state index is 0.0791. The normalized spacial score (nSPS) is 27.4. The zero-order valence-corrected chi connectivity index (χ0v) is 20.1. The number of piperidine rings is 1. The van der Waals surface area contributed by atoms with Crippen molar-refractivity contribution in [2.45, 2.75) is 42.7 Å². The number of methoxy groups -OCH3 is 2. The van der Waals surface area contributed by atoms with Gasteiger partial charge in [0.05, 0.1) is 12.7 Å². The summed E-state index contributed by atoms with van der Waals surface area (Å²) in [5.74, 6) is 0.937. The Morgan fingerprint density at radius 2 is 1.97 bits per heavy atom. The van der Waals surface area contributed by atoms with Gasteiger partial charge in [0, 0.05) is 44.3 Å². The molecule has 1 saturated heterocycles. The molecule has 0 radical (unpaired) electrons. The lowest BCUT2D eigenvalue weighted by atomic mass is 9.55. The topological polar surface area (TPSA) is 42.0 Å². The molecule has 3 atom stereocenters. The minimum atomic E-state index is -0.326. The summed E-state index contributed by atoms with van der Waals surface area (Å²) in [5, 5.41) is 0. The van der Waals surface area contributed by atoms with Gasteiger partial charge in [0.15, 0.2) is 0 Å². The lowest BCUT2D eigenvalue weighted by molar-refractivity contribution is -0.151. The van der Waals surface area contributed by atoms with E-state index in [0.29, 0.717) is 0 Å². The van der Waals surface area contributed by atoms with E-state index in [0.717, 1.165) is 56.6 Å². The second kappa shape index (κ2) is 9.70. The predicted molar refractivity (Wildman–Crippen MR) is 132 cm³/mol. The molecule has 5 nitrogen and oxygen atoms in total. The predicted octanol–water partition coefficient (Wildman–Crippen LogP) is 4.53. The highest BCUT2D eigenvalue weighted by molar-refractivity contribution is 5.94. The van der Waals surface area contributed by atoms with E-state index in [1.165, 1.54) is 5.56 Å². The average molecular weight is 449 g/mol. The van der Waals surface area contributed by atoms with Gasteiger partial charge in [-0.2, -0.15) is 0 Å². The van der Waals surface area contributed by atoms with Crippen LogP contribution >= 0.6 is 0 Å². The molecular weight excluding hydrogens is 412 g/mol. The maximum atomic E-state index is 13.3. The Balaban J connectivity index is 1.72. The van der Waals surface area contributed by atoms with Gasteiger partial charge >= 0.3 is 0 Å². The molecule has 4 rings (SSSR count). The fraction of sp³-hybridized carbons (Fsp3) is 0.464. The molecule has 0 aromatic heterocycles. The van der Waals surface area contributed by atoms with Crippen LogP contribution in [0, 0.1) is 0 Å². The molecule has 0 N–H and O–H groups in total. The first kappa shape index (κ1) is 23.5. The van der Waals surface area contributed by atoms with Crippen LogP contribution in [-0.4, -0.2) is 68.3 Å². The Hall–Kier alpha value is -2.63. The van der Waals surface area contributed by atoms with Crippen LogP contribution in [0.1, 0.15) is 41.6 Å². The van der Waals surface area contributed by atoms with E-state index in [1.807, 2.05) is 61.5 Å². The fourth-order valence-electron chi connectivity index (χ4n) is 6.11. The van der Waals surface area contributed by atoms with Crippen molar-refractivity contribution in [3.05, 3.63) is 78.4 Å². The Morgan fingerprint density at radius 3 is 2.67 bits per heavy atom. The van der Waals surface area contributed by atoms with Gasteiger partial charge in [0.2, 0.25) is 0 Å². The number of hydrogen-bond acceptors (Lipinski definition) is 4. The Bertz CT molecular complexity index is 978. The maximum Gasteiger partial charge on any atom is 0.253 e. The van der Waals surface area contributed by atoms with Gasteiger partial charge in [-0.15, -0.1) is 6.58 Å². The molecule has 33 heavy (non-hydrogen) atoms. The van der Waals surface area contributed by atoms with Crippen LogP contribution < -0.4 is 4.74 Å². The summed E-state index contributed by atoms with van der Waals surface area (Å²) in [4.78, 5) is 17.7. The molecule has 2 fully saturated rings. The molecular formula is C28H36N2O3. The first-order valence-electron chi connectivity index (χ1n) is 11.8. The minimum Gasteiger partial charge on any atom is -0.497 e. The molecule has 1 aliphatic heterocycles. The molecule has 1 aliphatic carbocycles. The second-order valence-corrected chi connectivity index (χ2v) is 9.46. The van der Waals surface area contributed by atoms with Gasteiger partial charge in [-0.25, -0.2) is 0 Å². The summed E-state index contributed by atoms with van der Waals surface area (Å²) in [5.41, 5.74) is 1.45. The zero-order valence-electron chi connectivity index (χ0n) is 20.1. The third-order valence-corrected chi connectivity index (χ3v) is 7.96. The number of carbonyl (C=O) groups excluding carboxylic acids is 1. The van der Waals surface area contributed by atoms with E-state index in [9.17, 15) is 4.79 Å². The van der Waals surface area contributed by atoms with Crippen LogP contribution in [0.3, 0.4) is 0 Å². The summed E-state index contributed by atoms with van der Waals surface area (Å²) < 4.78 is 12.0. The van der Waals surface area contributed by atoms with Crippen molar-refractivity contribution in [3.63, 3.8) is 0 Å². The number of amides is 1. The third-order valence-electron chi connectivity index (χ3n) is 7.96. The van der Waals surface area contributed by atoms with Crippen molar-refractivity contribution in [1.82, 2.24) is 9.80 Å². The number of nitrogens with zero attached hydrogens (tertiary/aromatic N) is 2. The van der Waals surface area contributed by atoms with Crippen molar-refractivity contribution in [2.75, 3.05) is 40.9 Å². The van der Waals surface area contributed by atoms with Gasteiger partial charge in [0.25, 0.3) is 5.91 Å². The fourth-order valence-corrected chi connectivity index (χ4v) is 6.11. The van der Waals surface area contributed by atoms with Gasteiger partial charge in [0.1, 0.15) is 5.75 Å². The van der Waals surface area contributed by atoms with Crippen molar-refractivity contribution in [1.29, 1.82) is 0 Å². The molecule has 0 bridgehead atoms. The molecule has 1 saturated carbocycles. The summed E-state index contributed by atoms with van der Waals surface area (Å²) in [6.45, 7) is 6.63. The number of rotatable bonds is 7. The van der Waals surface area contributed by atoms with Crippen LogP contribution in [0.4, 0.5) is 0 Å². The molecule has 176 valence electrons. The highest BCUT2D eigenvalue weighted by Crippen LogP contribution is 2.54. The van der Waals surface area contributed by atoms with Crippen molar-refractivity contribution in [3.8, 4) is 5.75 Å². The number of hydrogen-bond donors (Lipinski definition) is 0. The van der Waals surface area contributed by atoms with Crippen LogP contribution in [-0.2, 0) is 10.2 Å². The van der Waals surface area contributed by atoms with Crippen LogP contribution in [0.15, 0.2) is 67.3 Å². The van der Waals surface area contributed by atoms with E-state index >= 15 is 0 Å². The van der Waals surface area contributed by atoms with E-state index in [-0.39, 0.29) is 23.0 Å². The monoisotopic (exact) mass is 448 g/mol. The molecule has 2 aromatic rings. The first-order chi connectivity index (χ1) is 16.0. The maximum absolute atomic E-state index is 13.3. The summed E-state index contributed by atoms with van der Waals surface area (Å²) >= 11 is 0. The summed E-state index contributed by atoms with van der Waals surface area (Å²) in [6, 6.07) is 18.2. The number of ether oxygens (including phenoxy) is 2. The van der Waals surface area contributed by atoms with E-state index in [4.69, 9.17) is 9.47 Å². The Morgan fingerprint density at radius 1 is 1.18 bits per heavy atom. The molecule has 0 unspecified atom stereocenters. The standard InChI is InChI=1S/C28H36N2O3/c1-5-17-30-18-16-27(23-12-9-13-25(19-23)32-3)20-24(14-15-28(27,21-30)33-4)29(2)26(31)22-10-7-6-8-11-22/h5-13,19,24H,1,14-18,20-21H2,2-4H3/t24-,27-,28-/m0/s1. The number of fused-ring (bicyclic) bond motifs is 1. The van der Waals surface area contributed by atoms with Gasteiger partial charge < -0.3 is 14.4 Å². The smallest absolute Gasteiger partial charge is 0.253 e. The SMILES string of the molecule is C=CCN1CC[C@@]2(c3cccc(OC)c3)C[C@@H](N(C)C(=O)c3ccccc3)CC[C@]2(OC)C1. The van der Waals surface area contributed by atoms with Crippen molar-refractivity contribution >= 4 is 5.91 Å². The van der Waals surface area contributed by atoms with Crippen LogP contribution in [0.5, 0.6) is 5.75 Å². The quantitative estimate of drug-likeness (QED) is 0.584. The number of carbonyl (C=O) groups is 1. The average Bonchev–Trinajstić information content (AvgIpc) is 2.88. The Kier molecular flexibility index (Phi) is 6.91. The lowest BCUT2D eigenvalue weighted by Gasteiger charge is -2.60. The molecule has 2 aromatic carbocycles. The molecule has 1 heterocycles. The van der Waals surface area contributed by atoms with Gasteiger partial charge in [-0.3, -0.25) is 9.69 Å².